The molecule has 3 heteroatoms. The number of Topliss-reactive ketones (excluding diaryl/α,β-unsaturated/α-hetero) is 1. The third kappa shape index (κ3) is 2.18. The van der Waals surface area contributed by atoms with Crippen molar-refractivity contribution >= 4 is 11.8 Å². The zero-order valence-corrected chi connectivity index (χ0v) is 6.37. The summed E-state index contributed by atoms with van der Waals surface area (Å²) in [7, 11) is 0. The maximum atomic E-state index is 10.8. The van der Waals surface area contributed by atoms with Crippen LogP contribution in [0.5, 0.6) is 0 Å². The Balaban J connectivity index is 2.56. The molecule has 1 saturated heterocycles. The molecule has 1 aliphatic heterocycles. The number of carbonyl (C=O) groups is 2. The van der Waals surface area contributed by atoms with Gasteiger partial charge in [0.15, 0.2) is 0 Å². The number of ether oxygens (including phenoxy) is 1. The van der Waals surface area contributed by atoms with Gasteiger partial charge in [-0.3, -0.25) is 9.59 Å². The van der Waals surface area contributed by atoms with Gasteiger partial charge in [0.2, 0.25) is 0 Å². The molecule has 1 heterocycles. The molecule has 1 rings (SSSR count). The van der Waals surface area contributed by atoms with Crippen molar-refractivity contribution in [3.8, 4) is 0 Å². The first-order valence-corrected chi connectivity index (χ1v) is 3.56. The first-order valence-electron chi connectivity index (χ1n) is 3.56. The minimum Gasteiger partial charge on any atom is -0.457 e. The van der Waals surface area contributed by atoms with Gasteiger partial charge >= 0.3 is 5.97 Å². The van der Waals surface area contributed by atoms with Gasteiger partial charge in [0.05, 0.1) is 0 Å². The fraction of sp³-hybridized carbons (Fsp3) is 0.500. The smallest absolute Gasteiger partial charge is 0.313 e. The molecule has 0 aromatic rings. The van der Waals surface area contributed by atoms with Gasteiger partial charge in [-0.25, -0.2) is 0 Å². The van der Waals surface area contributed by atoms with Crippen molar-refractivity contribution in [2.24, 2.45) is 0 Å². The zero-order valence-electron chi connectivity index (χ0n) is 6.37. The van der Waals surface area contributed by atoms with Gasteiger partial charge in [0.25, 0.3) is 0 Å². The molecule has 0 aromatic carbocycles. The summed E-state index contributed by atoms with van der Waals surface area (Å²) in [6.45, 7) is 1.83. The highest BCUT2D eigenvalue weighted by atomic mass is 16.5. The van der Waals surface area contributed by atoms with Gasteiger partial charge in [-0.05, 0) is 13.0 Å². The van der Waals surface area contributed by atoms with Crippen LogP contribution in [0.1, 0.15) is 19.8 Å². The topological polar surface area (TPSA) is 43.4 Å². The van der Waals surface area contributed by atoms with Crippen LogP contribution in [0.3, 0.4) is 0 Å². The summed E-state index contributed by atoms with van der Waals surface area (Å²) in [5, 5.41) is 0. The molecule has 0 saturated carbocycles. The van der Waals surface area contributed by atoms with E-state index < -0.39 is 5.97 Å². The zero-order chi connectivity index (χ0) is 8.27. The lowest BCUT2D eigenvalue weighted by Crippen LogP contribution is -2.28. The summed E-state index contributed by atoms with van der Waals surface area (Å²) in [6, 6.07) is 0. The molecule has 0 aromatic heterocycles. The molecule has 3 nitrogen and oxygen atoms in total. The van der Waals surface area contributed by atoms with Gasteiger partial charge in [-0.1, -0.05) is 6.08 Å². The summed E-state index contributed by atoms with van der Waals surface area (Å²) >= 11 is 0. The summed E-state index contributed by atoms with van der Waals surface area (Å²) in [6.07, 6.45) is 3.43. The number of hydrogen-bond donors (Lipinski definition) is 0. The second-order valence-corrected chi connectivity index (χ2v) is 2.47. The molecule has 1 atom stereocenters. The van der Waals surface area contributed by atoms with Crippen molar-refractivity contribution in [1.82, 2.24) is 0 Å². The van der Waals surface area contributed by atoms with Crippen molar-refractivity contribution in [2.45, 2.75) is 25.9 Å². The van der Waals surface area contributed by atoms with Crippen molar-refractivity contribution in [3.05, 3.63) is 12.2 Å². The van der Waals surface area contributed by atoms with E-state index in [0.717, 1.165) is 0 Å². The molecule has 1 fully saturated rings. The molecule has 0 bridgehead atoms. The molecular weight excluding hydrogens is 144 g/mol. The minimum absolute atomic E-state index is 0.0376. The van der Waals surface area contributed by atoms with Gasteiger partial charge in [0, 0.05) is 6.42 Å². The average molecular weight is 154 g/mol. The quantitative estimate of drug-likeness (QED) is 0.319. The third-order valence-corrected chi connectivity index (χ3v) is 1.46. The van der Waals surface area contributed by atoms with Crippen LogP contribution in [0.2, 0.25) is 0 Å². The van der Waals surface area contributed by atoms with Crippen LogP contribution in [-0.2, 0) is 14.3 Å². The minimum atomic E-state index is -0.413. The Labute approximate surface area is 65.0 Å². The lowest BCUT2D eigenvalue weighted by Gasteiger charge is -2.17. The first kappa shape index (κ1) is 7.98. The first-order chi connectivity index (χ1) is 5.22. The molecule has 0 N–H and O–H groups in total. The van der Waals surface area contributed by atoms with E-state index in [-0.39, 0.29) is 18.3 Å². The Hall–Kier alpha value is -1.12. The highest BCUT2D eigenvalue weighted by Crippen LogP contribution is 2.11. The standard InChI is InChI=1S/C8H10O3/c1-2-3-7-4-6(9)5-8(10)11-7/h2-3,7H,4-5H2,1H3. The Morgan fingerprint density at radius 2 is 2.27 bits per heavy atom. The van der Waals surface area contributed by atoms with Gasteiger partial charge < -0.3 is 4.74 Å². The van der Waals surface area contributed by atoms with E-state index in [0.29, 0.717) is 6.42 Å². The molecule has 60 valence electrons. The maximum Gasteiger partial charge on any atom is 0.313 e. The lowest BCUT2D eigenvalue weighted by atomic mass is 10.1. The number of hydrogen-bond acceptors (Lipinski definition) is 3. The molecule has 1 aliphatic rings. The van der Waals surface area contributed by atoms with Gasteiger partial charge in [-0.2, -0.15) is 0 Å². The fourth-order valence-electron chi connectivity index (χ4n) is 1.03. The second kappa shape index (κ2) is 3.32. The van der Waals surface area contributed by atoms with Crippen molar-refractivity contribution in [1.29, 1.82) is 0 Å². The van der Waals surface area contributed by atoms with Crippen molar-refractivity contribution in [3.63, 3.8) is 0 Å². The fourth-order valence-corrected chi connectivity index (χ4v) is 1.03. The van der Waals surface area contributed by atoms with Crippen LogP contribution in [-0.4, -0.2) is 17.9 Å². The lowest BCUT2D eigenvalue weighted by molar-refractivity contribution is -0.154. The molecule has 0 amide bonds. The molecular formula is C8H10O3. The SMILES string of the molecule is CC=CC1CC(=O)CC(=O)O1. The van der Waals surface area contributed by atoms with E-state index in [1.165, 1.54) is 0 Å². The van der Waals surface area contributed by atoms with Crippen LogP contribution >= 0.6 is 0 Å². The van der Waals surface area contributed by atoms with Gasteiger partial charge in [-0.15, -0.1) is 0 Å². The van der Waals surface area contributed by atoms with Crippen LogP contribution in [0.15, 0.2) is 12.2 Å². The van der Waals surface area contributed by atoms with E-state index in [9.17, 15) is 9.59 Å². The van der Waals surface area contributed by atoms with Crippen molar-refractivity contribution in [2.75, 3.05) is 0 Å². The number of ketones is 1. The van der Waals surface area contributed by atoms with Crippen LogP contribution in [0, 0.1) is 0 Å². The summed E-state index contributed by atoms with van der Waals surface area (Å²) in [5.41, 5.74) is 0. The van der Waals surface area contributed by atoms with E-state index in [4.69, 9.17) is 4.74 Å². The Bertz CT molecular complexity index is 189. The largest absolute Gasteiger partial charge is 0.457 e. The molecule has 0 aliphatic carbocycles. The summed E-state index contributed by atoms with van der Waals surface area (Å²) in [4.78, 5) is 21.5. The Morgan fingerprint density at radius 3 is 2.82 bits per heavy atom. The van der Waals surface area contributed by atoms with E-state index in [1.54, 1.807) is 12.2 Å². The highest BCUT2D eigenvalue weighted by molar-refractivity contribution is 5.97. The van der Waals surface area contributed by atoms with E-state index in [1.807, 2.05) is 6.92 Å². The van der Waals surface area contributed by atoms with Gasteiger partial charge in [0.1, 0.15) is 18.3 Å². The number of esters is 1. The normalized spacial score (nSPS) is 25.7. The molecule has 0 spiro atoms. The van der Waals surface area contributed by atoms with Crippen LogP contribution < -0.4 is 0 Å². The monoisotopic (exact) mass is 154 g/mol. The summed E-state index contributed by atoms with van der Waals surface area (Å²) in [5.74, 6) is -0.450. The number of cyclic esters (lactones) is 1. The Kier molecular flexibility index (Phi) is 2.41. The maximum absolute atomic E-state index is 10.8. The van der Waals surface area contributed by atoms with Crippen molar-refractivity contribution < 1.29 is 14.3 Å². The van der Waals surface area contributed by atoms with Crippen LogP contribution in [0.25, 0.3) is 0 Å². The number of carbonyl (C=O) groups excluding carboxylic acids is 2. The summed E-state index contributed by atoms with van der Waals surface area (Å²) < 4.78 is 4.85. The van der Waals surface area contributed by atoms with E-state index in [2.05, 4.69) is 0 Å². The number of allylic oxidation sites excluding steroid dienone is 1. The molecule has 11 heavy (non-hydrogen) atoms. The average Bonchev–Trinajstić information content (AvgIpc) is 1.85. The number of rotatable bonds is 1. The second-order valence-electron chi connectivity index (χ2n) is 2.47. The highest BCUT2D eigenvalue weighted by Gasteiger charge is 2.24. The predicted molar refractivity (Wildman–Crippen MR) is 38.9 cm³/mol. The van der Waals surface area contributed by atoms with E-state index >= 15 is 0 Å². The third-order valence-electron chi connectivity index (χ3n) is 1.46. The van der Waals surface area contributed by atoms with Crippen LogP contribution in [0.4, 0.5) is 0 Å². The predicted octanol–water partition coefficient (Wildman–Crippen LogP) is 0.837. The Morgan fingerprint density at radius 1 is 1.55 bits per heavy atom. The molecule has 1 unspecified atom stereocenters. The molecule has 0 radical (unpaired) electrons.